The van der Waals surface area contributed by atoms with Crippen molar-refractivity contribution in [2.45, 2.75) is 32.4 Å². The van der Waals surface area contributed by atoms with Gasteiger partial charge in [-0.05, 0) is 39.0 Å². The van der Waals surface area contributed by atoms with Crippen LogP contribution in [0.3, 0.4) is 0 Å². The van der Waals surface area contributed by atoms with Gasteiger partial charge in [0, 0.05) is 24.1 Å². The normalized spacial score (nSPS) is 17.8. The first-order valence-electron chi connectivity index (χ1n) is 7.79. The number of nitriles is 1. The molecule has 0 aromatic heterocycles. The Morgan fingerprint density at radius 1 is 1.36 bits per heavy atom. The predicted molar refractivity (Wildman–Crippen MR) is 95.4 cm³/mol. The van der Waals surface area contributed by atoms with Crippen LogP contribution in [-0.2, 0) is 9.53 Å². The summed E-state index contributed by atoms with van der Waals surface area (Å²) < 4.78 is 6.08. The van der Waals surface area contributed by atoms with Crippen LogP contribution in [0.1, 0.15) is 26.3 Å². The van der Waals surface area contributed by atoms with Gasteiger partial charge in [0.2, 0.25) is 0 Å². The minimum atomic E-state index is -1.11. The topological polar surface area (TPSA) is 93.9 Å². The van der Waals surface area contributed by atoms with E-state index in [1.165, 1.54) is 4.90 Å². The third kappa shape index (κ3) is 4.63. The van der Waals surface area contributed by atoms with Crippen LogP contribution >= 0.6 is 15.9 Å². The molecule has 1 aliphatic heterocycles. The molecule has 1 N–H and O–H groups in total. The summed E-state index contributed by atoms with van der Waals surface area (Å²) in [4.78, 5) is 27.0. The largest absolute Gasteiger partial charge is 0.480 e. The van der Waals surface area contributed by atoms with Gasteiger partial charge in [-0.2, -0.15) is 5.26 Å². The number of anilines is 1. The molecular weight excluding hydrogens is 390 g/mol. The lowest BCUT2D eigenvalue weighted by atomic mass is 10.1. The fourth-order valence-corrected chi connectivity index (χ4v) is 2.99. The molecule has 0 radical (unpaired) electrons. The number of aliphatic carboxylic acids is 1. The zero-order valence-corrected chi connectivity index (χ0v) is 15.9. The number of rotatable bonds is 2. The van der Waals surface area contributed by atoms with Gasteiger partial charge in [0.1, 0.15) is 17.7 Å². The molecule has 0 saturated carbocycles. The van der Waals surface area contributed by atoms with Crippen molar-refractivity contribution in [3.8, 4) is 6.07 Å². The minimum Gasteiger partial charge on any atom is -0.480 e. The first kappa shape index (κ1) is 19.1. The highest BCUT2D eigenvalue weighted by Gasteiger charge is 2.38. The summed E-state index contributed by atoms with van der Waals surface area (Å²) >= 11 is 3.32. The molecule has 1 aromatic carbocycles. The Bertz CT molecular complexity index is 724. The average Bonchev–Trinajstić information content (AvgIpc) is 2.52. The molecule has 0 unspecified atom stereocenters. The van der Waals surface area contributed by atoms with E-state index in [-0.39, 0.29) is 13.1 Å². The molecule has 0 spiro atoms. The number of carbonyl (C=O) groups excluding carboxylic acids is 1. The number of hydrogen-bond acceptors (Lipinski definition) is 5. The molecule has 1 saturated heterocycles. The first-order valence-corrected chi connectivity index (χ1v) is 8.58. The molecule has 0 aliphatic carbocycles. The number of nitrogens with zero attached hydrogens (tertiary/aromatic N) is 3. The number of carbonyl (C=O) groups is 2. The van der Waals surface area contributed by atoms with Crippen LogP contribution in [0.5, 0.6) is 0 Å². The molecule has 2 rings (SSSR count). The summed E-state index contributed by atoms with van der Waals surface area (Å²) in [5.41, 5.74) is 0.404. The number of amides is 1. The summed E-state index contributed by atoms with van der Waals surface area (Å²) in [6.45, 7) is 5.91. The lowest BCUT2D eigenvalue weighted by Crippen LogP contribution is -2.59. The highest BCUT2D eigenvalue weighted by Crippen LogP contribution is 2.27. The van der Waals surface area contributed by atoms with Crippen LogP contribution in [-0.4, -0.2) is 53.3 Å². The standard InChI is InChI=1S/C17H20BrN3O4/c1-17(2,3)25-16(24)21-7-6-20(10-14(21)15(22)23)13-5-4-12(18)8-11(13)9-19/h4-5,8,14H,6-7,10H2,1-3H3,(H,22,23)/t14-/m0/s1. The van der Waals surface area contributed by atoms with Gasteiger partial charge in [-0.1, -0.05) is 15.9 Å². The lowest BCUT2D eigenvalue weighted by Gasteiger charge is -2.40. The first-order chi connectivity index (χ1) is 11.6. The monoisotopic (exact) mass is 409 g/mol. The average molecular weight is 410 g/mol. The van der Waals surface area contributed by atoms with E-state index in [1.54, 1.807) is 39.0 Å². The molecule has 1 heterocycles. The second kappa shape index (κ2) is 7.31. The number of benzene rings is 1. The molecular formula is C17H20BrN3O4. The highest BCUT2D eigenvalue weighted by atomic mass is 79.9. The molecule has 1 atom stereocenters. The molecule has 25 heavy (non-hydrogen) atoms. The Kier molecular flexibility index (Phi) is 5.58. The Morgan fingerprint density at radius 3 is 2.60 bits per heavy atom. The van der Waals surface area contributed by atoms with Crippen molar-refractivity contribution >= 4 is 33.7 Å². The fraction of sp³-hybridized carbons (Fsp3) is 0.471. The van der Waals surface area contributed by atoms with Gasteiger partial charge >= 0.3 is 12.1 Å². The minimum absolute atomic E-state index is 0.0882. The van der Waals surface area contributed by atoms with Crippen molar-refractivity contribution in [3.05, 3.63) is 28.2 Å². The highest BCUT2D eigenvalue weighted by molar-refractivity contribution is 9.10. The summed E-state index contributed by atoms with van der Waals surface area (Å²) in [5, 5.41) is 18.9. The number of halogens is 1. The lowest BCUT2D eigenvalue weighted by molar-refractivity contribution is -0.143. The maximum absolute atomic E-state index is 12.3. The van der Waals surface area contributed by atoms with Crippen LogP contribution in [0.15, 0.2) is 22.7 Å². The van der Waals surface area contributed by atoms with Gasteiger partial charge in [0.05, 0.1) is 11.3 Å². The van der Waals surface area contributed by atoms with Gasteiger partial charge in [0.15, 0.2) is 0 Å². The predicted octanol–water partition coefficient (Wildman–Crippen LogP) is 2.83. The number of piperazine rings is 1. The SMILES string of the molecule is CC(C)(C)OC(=O)N1CCN(c2ccc(Br)cc2C#N)C[C@H]1C(=O)O. The van der Waals surface area contributed by atoms with Crippen LogP contribution < -0.4 is 4.90 Å². The third-order valence-electron chi connectivity index (χ3n) is 3.71. The maximum atomic E-state index is 12.3. The summed E-state index contributed by atoms with van der Waals surface area (Å²) in [6, 6.07) is 6.33. The second-order valence-corrected chi connectivity index (χ2v) is 7.66. The van der Waals surface area contributed by atoms with Crippen molar-refractivity contribution < 1.29 is 19.4 Å². The van der Waals surface area contributed by atoms with E-state index in [0.717, 1.165) is 4.47 Å². The van der Waals surface area contributed by atoms with E-state index in [4.69, 9.17) is 4.74 Å². The van der Waals surface area contributed by atoms with Crippen molar-refractivity contribution in [2.75, 3.05) is 24.5 Å². The van der Waals surface area contributed by atoms with E-state index < -0.39 is 23.7 Å². The quantitative estimate of drug-likeness (QED) is 0.806. The van der Waals surface area contributed by atoms with Crippen LogP contribution in [0.25, 0.3) is 0 Å². The molecule has 134 valence electrons. The van der Waals surface area contributed by atoms with Crippen LogP contribution in [0.2, 0.25) is 0 Å². The molecule has 1 aromatic rings. The molecule has 1 fully saturated rings. The van der Waals surface area contributed by atoms with Crippen LogP contribution in [0, 0.1) is 11.3 Å². The molecule has 1 amide bonds. The second-order valence-electron chi connectivity index (χ2n) is 6.75. The maximum Gasteiger partial charge on any atom is 0.411 e. The molecule has 1 aliphatic rings. The molecule has 7 nitrogen and oxygen atoms in total. The van der Waals surface area contributed by atoms with Gasteiger partial charge in [-0.15, -0.1) is 0 Å². The van der Waals surface area contributed by atoms with E-state index in [1.807, 2.05) is 4.90 Å². The summed E-state index contributed by atoms with van der Waals surface area (Å²) in [5.74, 6) is -1.11. The van der Waals surface area contributed by atoms with Gasteiger partial charge in [-0.3, -0.25) is 4.90 Å². The molecule has 0 bridgehead atoms. The van der Waals surface area contributed by atoms with Gasteiger partial charge in [0.25, 0.3) is 0 Å². The zero-order chi connectivity index (χ0) is 18.8. The van der Waals surface area contributed by atoms with E-state index in [9.17, 15) is 20.0 Å². The summed E-state index contributed by atoms with van der Waals surface area (Å²) in [6.07, 6.45) is -0.643. The van der Waals surface area contributed by atoms with E-state index >= 15 is 0 Å². The Labute approximate surface area is 154 Å². The van der Waals surface area contributed by atoms with Crippen LogP contribution in [0.4, 0.5) is 10.5 Å². The fourth-order valence-electron chi connectivity index (χ4n) is 2.63. The van der Waals surface area contributed by atoms with E-state index in [0.29, 0.717) is 17.8 Å². The van der Waals surface area contributed by atoms with Crippen molar-refractivity contribution in [1.82, 2.24) is 4.90 Å². The Morgan fingerprint density at radius 2 is 2.04 bits per heavy atom. The van der Waals surface area contributed by atoms with Crippen molar-refractivity contribution in [1.29, 1.82) is 5.26 Å². The Balaban J connectivity index is 2.23. The number of ether oxygens (including phenoxy) is 1. The van der Waals surface area contributed by atoms with Crippen molar-refractivity contribution in [2.24, 2.45) is 0 Å². The van der Waals surface area contributed by atoms with E-state index in [2.05, 4.69) is 22.0 Å². The van der Waals surface area contributed by atoms with Gasteiger partial charge < -0.3 is 14.7 Å². The van der Waals surface area contributed by atoms with Gasteiger partial charge in [-0.25, -0.2) is 9.59 Å². The Hall–Kier alpha value is -2.27. The van der Waals surface area contributed by atoms with Crippen molar-refractivity contribution in [3.63, 3.8) is 0 Å². The number of carboxylic acid groups (broad SMARTS) is 1. The molecule has 8 heteroatoms. The number of hydrogen-bond donors (Lipinski definition) is 1. The third-order valence-corrected chi connectivity index (χ3v) is 4.21. The zero-order valence-electron chi connectivity index (χ0n) is 14.3. The number of carboxylic acids is 1. The smallest absolute Gasteiger partial charge is 0.411 e. The summed E-state index contributed by atoms with van der Waals surface area (Å²) in [7, 11) is 0.